The average molecular weight is 534 g/mol. The van der Waals surface area contributed by atoms with Gasteiger partial charge in [0.2, 0.25) is 20.0 Å². The Kier molecular flexibility index (Phi) is 7.02. The minimum Gasteiger partial charge on any atom is -0.241 e. The number of para-hydroxylation sites is 1. The highest BCUT2D eigenvalue weighted by Gasteiger charge is 2.32. The van der Waals surface area contributed by atoms with Gasteiger partial charge in [-0.3, -0.25) is 0 Å². The number of nitrogens with one attached hydrogen (secondary N) is 1. The number of piperidine rings is 1. The molecule has 5 rings (SSSR count). The molecule has 3 aromatic rings. The SMILES string of the molecule is CC1CCCCC1NS(=O)(=O)c1ccc(S(=O)(=O)N2CCC(c3nc4ccccc4s3)CC2)cc1. The molecule has 0 spiro atoms. The molecule has 1 saturated carbocycles. The fourth-order valence-electron chi connectivity index (χ4n) is 5.11. The summed E-state index contributed by atoms with van der Waals surface area (Å²) in [5.41, 5.74) is 0.991. The van der Waals surface area contributed by atoms with Gasteiger partial charge in [-0.25, -0.2) is 26.5 Å². The third kappa shape index (κ3) is 5.17. The van der Waals surface area contributed by atoms with Gasteiger partial charge in [0.25, 0.3) is 0 Å². The third-order valence-electron chi connectivity index (χ3n) is 7.30. The van der Waals surface area contributed by atoms with Crippen molar-refractivity contribution in [2.45, 2.75) is 67.2 Å². The zero-order valence-corrected chi connectivity index (χ0v) is 22.2. The molecule has 1 saturated heterocycles. The lowest BCUT2D eigenvalue weighted by molar-refractivity contribution is 0.310. The van der Waals surface area contributed by atoms with E-state index in [0.717, 1.165) is 53.7 Å². The van der Waals surface area contributed by atoms with Gasteiger partial charge in [0.1, 0.15) is 0 Å². The number of thiazole rings is 1. The second-order valence-corrected chi connectivity index (χ2v) is 14.4. The van der Waals surface area contributed by atoms with Crippen LogP contribution in [0.5, 0.6) is 0 Å². The van der Waals surface area contributed by atoms with Gasteiger partial charge < -0.3 is 0 Å². The molecule has 0 radical (unpaired) electrons. The Morgan fingerprint density at radius 3 is 2.23 bits per heavy atom. The summed E-state index contributed by atoms with van der Waals surface area (Å²) in [6.45, 7) is 2.91. The van der Waals surface area contributed by atoms with Crippen LogP contribution in [0, 0.1) is 5.92 Å². The Morgan fingerprint density at radius 1 is 0.886 bits per heavy atom. The van der Waals surface area contributed by atoms with Gasteiger partial charge in [0.15, 0.2) is 0 Å². The number of hydrogen-bond acceptors (Lipinski definition) is 6. The normalized spacial score (nSPS) is 23.0. The van der Waals surface area contributed by atoms with Crippen LogP contribution in [0.3, 0.4) is 0 Å². The topological polar surface area (TPSA) is 96.4 Å². The summed E-state index contributed by atoms with van der Waals surface area (Å²) in [5.74, 6) is 0.545. The summed E-state index contributed by atoms with van der Waals surface area (Å²) in [4.78, 5) is 4.98. The van der Waals surface area contributed by atoms with Crippen LogP contribution >= 0.6 is 11.3 Å². The van der Waals surface area contributed by atoms with Crippen molar-refractivity contribution < 1.29 is 16.8 Å². The molecular formula is C25H31N3O4S3. The highest BCUT2D eigenvalue weighted by atomic mass is 32.2. The van der Waals surface area contributed by atoms with Crippen LogP contribution in [0.15, 0.2) is 58.3 Å². The van der Waals surface area contributed by atoms with Crippen LogP contribution in [0.25, 0.3) is 10.2 Å². The van der Waals surface area contributed by atoms with Gasteiger partial charge >= 0.3 is 0 Å². The number of aromatic nitrogens is 1. The minimum absolute atomic E-state index is 0.0751. The van der Waals surface area contributed by atoms with E-state index < -0.39 is 20.0 Å². The highest BCUT2D eigenvalue weighted by Crippen LogP contribution is 2.35. The summed E-state index contributed by atoms with van der Waals surface area (Å²) < 4.78 is 57.7. The number of benzene rings is 2. The maximum Gasteiger partial charge on any atom is 0.243 e. The predicted molar refractivity (Wildman–Crippen MR) is 139 cm³/mol. The molecule has 2 aliphatic rings. The maximum absolute atomic E-state index is 13.2. The molecule has 188 valence electrons. The van der Waals surface area contributed by atoms with Gasteiger partial charge in [0, 0.05) is 25.0 Å². The van der Waals surface area contributed by atoms with E-state index in [-0.39, 0.29) is 21.8 Å². The largest absolute Gasteiger partial charge is 0.243 e. The number of nitrogens with zero attached hydrogens (tertiary/aromatic N) is 2. The highest BCUT2D eigenvalue weighted by molar-refractivity contribution is 7.89. The molecule has 0 amide bonds. The molecule has 2 fully saturated rings. The fraction of sp³-hybridized carbons (Fsp3) is 0.480. The van der Waals surface area contributed by atoms with Gasteiger partial charge in [-0.1, -0.05) is 31.9 Å². The third-order valence-corrected chi connectivity index (χ3v) is 11.9. The lowest BCUT2D eigenvalue weighted by Crippen LogP contribution is -2.41. The number of sulfonamides is 2. The first-order valence-electron chi connectivity index (χ1n) is 12.2. The zero-order valence-electron chi connectivity index (χ0n) is 19.8. The minimum atomic E-state index is -3.69. The summed E-state index contributed by atoms with van der Waals surface area (Å²) in [6.07, 6.45) is 5.43. The molecule has 2 atom stereocenters. The molecule has 1 N–H and O–H groups in total. The monoisotopic (exact) mass is 533 g/mol. The van der Waals surface area contributed by atoms with Crippen LogP contribution in [-0.2, 0) is 20.0 Å². The van der Waals surface area contributed by atoms with Gasteiger partial charge in [-0.2, -0.15) is 4.31 Å². The van der Waals surface area contributed by atoms with Crippen molar-refractivity contribution in [2.75, 3.05) is 13.1 Å². The van der Waals surface area contributed by atoms with Crippen molar-refractivity contribution in [3.8, 4) is 0 Å². The molecular weight excluding hydrogens is 502 g/mol. The molecule has 35 heavy (non-hydrogen) atoms. The lowest BCUT2D eigenvalue weighted by Gasteiger charge is -2.30. The van der Waals surface area contributed by atoms with Crippen molar-refractivity contribution >= 4 is 41.6 Å². The van der Waals surface area contributed by atoms with Crippen LogP contribution in [0.4, 0.5) is 0 Å². The first-order chi connectivity index (χ1) is 16.7. The quantitative estimate of drug-likeness (QED) is 0.495. The standard InChI is InChI=1S/C25H31N3O4S3/c1-18-6-2-3-7-22(18)27-34(29,30)20-10-12-21(13-11-20)35(31,32)28-16-14-19(15-17-28)25-26-23-8-4-5-9-24(23)33-25/h4-5,8-13,18-19,22,27H,2-3,6-7,14-17H2,1H3. The van der Waals surface area contributed by atoms with Gasteiger partial charge in [0.05, 0.1) is 25.0 Å². The Hall–Kier alpha value is -1.85. The first-order valence-corrected chi connectivity index (χ1v) is 16.0. The van der Waals surface area contributed by atoms with E-state index in [2.05, 4.69) is 17.7 Å². The Labute approximate surface area is 211 Å². The molecule has 1 aliphatic heterocycles. The second-order valence-electron chi connectivity index (χ2n) is 9.66. The number of rotatable bonds is 6. The van der Waals surface area contributed by atoms with Crippen LogP contribution in [0.2, 0.25) is 0 Å². The van der Waals surface area contributed by atoms with E-state index in [1.54, 1.807) is 11.3 Å². The van der Waals surface area contributed by atoms with E-state index in [0.29, 0.717) is 19.0 Å². The number of fused-ring (bicyclic) bond motifs is 1. The maximum atomic E-state index is 13.2. The zero-order chi connectivity index (χ0) is 24.6. The molecule has 10 heteroatoms. The number of hydrogen-bond donors (Lipinski definition) is 1. The molecule has 7 nitrogen and oxygen atoms in total. The first kappa shape index (κ1) is 24.8. The summed E-state index contributed by atoms with van der Waals surface area (Å²) in [7, 11) is -7.38. The Morgan fingerprint density at radius 2 is 1.54 bits per heavy atom. The molecule has 2 aromatic carbocycles. The lowest BCUT2D eigenvalue weighted by atomic mass is 9.87. The molecule has 1 aromatic heterocycles. The van der Waals surface area contributed by atoms with Crippen molar-refractivity contribution in [1.82, 2.24) is 14.0 Å². The van der Waals surface area contributed by atoms with E-state index >= 15 is 0 Å². The van der Waals surface area contributed by atoms with Crippen LogP contribution in [-0.4, -0.2) is 45.3 Å². The van der Waals surface area contributed by atoms with Crippen LogP contribution < -0.4 is 4.72 Å². The summed E-state index contributed by atoms with van der Waals surface area (Å²) in [6, 6.07) is 13.6. The van der Waals surface area contributed by atoms with Crippen molar-refractivity contribution in [3.63, 3.8) is 0 Å². The predicted octanol–water partition coefficient (Wildman–Crippen LogP) is 4.72. The van der Waals surface area contributed by atoms with Crippen molar-refractivity contribution in [3.05, 3.63) is 53.5 Å². The van der Waals surface area contributed by atoms with Crippen molar-refractivity contribution in [1.29, 1.82) is 0 Å². The molecule has 0 bridgehead atoms. The van der Waals surface area contributed by atoms with E-state index in [9.17, 15) is 16.8 Å². The molecule has 1 aliphatic carbocycles. The van der Waals surface area contributed by atoms with Gasteiger partial charge in [-0.15, -0.1) is 11.3 Å². The molecule has 2 unspecified atom stereocenters. The average Bonchev–Trinajstić information content (AvgIpc) is 3.30. The van der Waals surface area contributed by atoms with Crippen molar-refractivity contribution in [2.24, 2.45) is 5.92 Å². The molecule has 2 heterocycles. The van der Waals surface area contributed by atoms with E-state index in [1.807, 2.05) is 18.2 Å². The van der Waals surface area contributed by atoms with E-state index in [4.69, 9.17) is 4.98 Å². The summed E-state index contributed by atoms with van der Waals surface area (Å²) >= 11 is 1.68. The van der Waals surface area contributed by atoms with Crippen LogP contribution in [0.1, 0.15) is 56.4 Å². The Balaban J connectivity index is 1.25. The van der Waals surface area contributed by atoms with E-state index in [1.165, 1.54) is 28.6 Å². The smallest absolute Gasteiger partial charge is 0.241 e. The Bertz CT molecular complexity index is 1360. The summed E-state index contributed by atoms with van der Waals surface area (Å²) in [5, 5.41) is 1.07. The second kappa shape index (κ2) is 9.89. The fourth-order valence-corrected chi connectivity index (χ4v) is 9.09. The van der Waals surface area contributed by atoms with Gasteiger partial charge in [-0.05, 0) is 68.0 Å².